The van der Waals surface area contributed by atoms with Crippen LogP contribution in [0.15, 0.2) is 10.5 Å². The highest BCUT2D eigenvalue weighted by molar-refractivity contribution is 7.84. The Morgan fingerprint density at radius 1 is 1.37 bits per heavy atom. The summed E-state index contributed by atoms with van der Waals surface area (Å²) in [6, 6.07) is -3.61. The predicted molar refractivity (Wildman–Crippen MR) is 119 cm³/mol. The van der Waals surface area contributed by atoms with E-state index < -0.39 is 63.4 Å². The zero-order chi connectivity index (χ0) is 26.3. The number of β-lactam (4-membered cyclic amide) rings is 1. The van der Waals surface area contributed by atoms with Crippen LogP contribution >= 0.6 is 11.3 Å². The summed E-state index contributed by atoms with van der Waals surface area (Å²) in [5.74, 6) is -4.09. The van der Waals surface area contributed by atoms with Crippen molar-refractivity contribution in [3.05, 3.63) is 11.1 Å². The maximum atomic E-state index is 13.0. The van der Waals surface area contributed by atoms with E-state index in [1.165, 1.54) is 24.1 Å². The number of carbonyl (C=O) groups is 4. The van der Waals surface area contributed by atoms with E-state index in [2.05, 4.69) is 15.5 Å². The van der Waals surface area contributed by atoms with Gasteiger partial charge >= 0.3 is 16.3 Å². The number of carbonyl (C=O) groups excluding carboxylic acids is 3. The van der Waals surface area contributed by atoms with E-state index >= 15 is 0 Å². The van der Waals surface area contributed by atoms with E-state index in [4.69, 9.17) is 16.3 Å². The molecule has 192 valence electrons. The number of amides is 3. The molecule has 1 aromatic rings. The number of hydrogen-bond acceptors (Lipinski definition) is 12. The topological polar surface area (TPSA) is 248 Å². The summed E-state index contributed by atoms with van der Waals surface area (Å²) in [5.41, 5.74) is 8.79. The molecule has 3 amide bonds. The third kappa shape index (κ3) is 5.34. The molecule has 2 fully saturated rings. The normalized spacial score (nSPS) is 23.3. The van der Waals surface area contributed by atoms with Gasteiger partial charge in [-0.3, -0.25) is 18.9 Å². The van der Waals surface area contributed by atoms with E-state index in [0.717, 1.165) is 11.3 Å². The number of nitrogens with zero attached hydrogens (tertiary/aromatic N) is 4. The SMILES string of the molecule is CC(C)(O/N=C(\C(=O)NC1C(=O)N(S(=O)(=O)O)[C@H]1CN1CC[C@H](N)C1=O)c1csc(N)n1)C(=O)O. The Morgan fingerprint density at radius 3 is 2.51 bits per heavy atom. The molecule has 0 spiro atoms. The standard InChI is InChI=1S/C17H23N7O9S2/c1-17(2,15(28)29)33-22-10(8-6-34-16(19)20-8)12(25)21-11-9(24(14(11)27)35(30,31)32)5-23-4-3-7(18)13(23)26/h6-7,9,11H,3-5,18H2,1-2H3,(H2,19,20)(H,21,25)(H,28,29)(H,30,31,32)/b22-10-/t7-,9-,11?/m0/s1. The van der Waals surface area contributed by atoms with Gasteiger partial charge in [-0.25, -0.2) is 14.1 Å². The molecule has 0 radical (unpaired) electrons. The molecule has 2 aliphatic rings. The van der Waals surface area contributed by atoms with Crippen LogP contribution in [0.5, 0.6) is 0 Å². The second-order valence-electron chi connectivity index (χ2n) is 8.23. The van der Waals surface area contributed by atoms with Crippen molar-refractivity contribution in [2.45, 2.75) is 44.0 Å². The average Bonchev–Trinajstić information content (AvgIpc) is 3.30. The maximum absolute atomic E-state index is 13.0. The first kappa shape index (κ1) is 26.3. The lowest BCUT2D eigenvalue weighted by atomic mass is 9.97. The number of aromatic nitrogens is 1. The zero-order valence-electron chi connectivity index (χ0n) is 18.4. The Labute approximate surface area is 202 Å². The molecule has 1 aromatic heterocycles. The summed E-state index contributed by atoms with van der Waals surface area (Å²) in [4.78, 5) is 59.1. The number of thiazole rings is 1. The Bertz CT molecular complexity index is 1200. The zero-order valence-corrected chi connectivity index (χ0v) is 20.1. The highest BCUT2D eigenvalue weighted by Crippen LogP contribution is 2.26. The lowest BCUT2D eigenvalue weighted by Gasteiger charge is -2.45. The first-order valence-corrected chi connectivity index (χ1v) is 12.3. The number of aliphatic carboxylic acids is 1. The number of hydrogen-bond donors (Lipinski definition) is 5. The number of rotatable bonds is 9. The third-order valence-corrected chi connectivity index (χ3v) is 6.93. The molecule has 3 atom stereocenters. The summed E-state index contributed by atoms with van der Waals surface area (Å²) in [7, 11) is -5.00. The van der Waals surface area contributed by atoms with Crippen LogP contribution in [0.25, 0.3) is 0 Å². The van der Waals surface area contributed by atoms with Crippen LogP contribution in [0.3, 0.4) is 0 Å². The summed E-state index contributed by atoms with van der Waals surface area (Å²) >= 11 is 0.945. The van der Waals surface area contributed by atoms with Gasteiger partial charge in [0.25, 0.3) is 11.8 Å². The second-order valence-corrected chi connectivity index (χ2v) is 10.4. The Balaban J connectivity index is 1.87. The number of nitrogens with one attached hydrogen (secondary N) is 1. The summed E-state index contributed by atoms with van der Waals surface area (Å²) in [5, 5.41) is 16.5. The fourth-order valence-electron chi connectivity index (χ4n) is 3.32. The van der Waals surface area contributed by atoms with Crippen molar-refractivity contribution in [1.29, 1.82) is 0 Å². The molecule has 2 aliphatic heterocycles. The number of carboxylic acid groups (broad SMARTS) is 1. The number of anilines is 1. The molecule has 7 N–H and O–H groups in total. The van der Waals surface area contributed by atoms with E-state index in [0.29, 0.717) is 6.42 Å². The van der Waals surface area contributed by atoms with Gasteiger partial charge in [-0.05, 0) is 20.3 Å². The highest BCUT2D eigenvalue weighted by Gasteiger charge is 2.55. The molecule has 3 heterocycles. The van der Waals surface area contributed by atoms with Crippen molar-refractivity contribution >= 4 is 56.2 Å². The first-order valence-electron chi connectivity index (χ1n) is 10.0. The van der Waals surface area contributed by atoms with Crippen molar-refractivity contribution in [3.8, 4) is 0 Å². The van der Waals surface area contributed by atoms with Gasteiger partial charge in [0, 0.05) is 18.5 Å². The van der Waals surface area contributed by atoms with E-state index in [-0.39, 0.29) is 28.2 Å². The van der Waals surface area contributed by atoms with Crippen molar-refractivity contribution in [1.82, 2.24) is 19.5 Å². The van der Waals surface area contributed by atoms with Crippen LogP contribution in [0.1, 0.15) is 26.0 Å². The lowest BCUT2D eigenvalue weighted by molar-refractivity contribution is -0.161. The molecule has 0 saturated carbocycles. The number of nitrogens with two attached hydrogens (primary N) is 2. The second kappa shape index (κ2) is 9.36. The average molecular weight is 534 g/mol. The van der Waals surface area contributed by atoms with Crippen molar-refractivity contribution in [2.24, 2.45) is 10.9 Å². The van der Waals surface area contributed by atoms with Crippen LogP contribution in [0, 0.1) is 0 Å². The Kier molecular flexibility index (Phi) is 7.02. The van der Waals surface area contributed by atoms with Crippen LogP contribution < -0.4 is 16.8 Å². The van der Waals surface area contributed by atoms with Gasteiger partial charge in [-0.15, -0.1) is 11.3 Å². The summed E-state index contributed by atoms with van der Waals surface area (Å²) in [6.07, 6.45) is 0.307. The van der Waals surface area contributed by atoms with Gasteiger partial charge in [-0.1, -0.05) is 5.16 Å². The first-order chi connectivity index (χ1) is 16.1. The molecule has 1 unspecified atom stereocenters. The largest absolute Gasteiger partial charge is 0.478 e. The highest BCUT2D eigenvalue weighted by atomic mass is 32.2. The number of carboxylic acids is 1. The van der Waals surface area contributed by atoms with E-state index in [9.17, 15) is 37.3 Å². The smallest absolute Gasteiger partial charge is 0.362 e. The molecule has 0 bridgehead atoms. The molecule has 0 aliphatic carbocycles. The lowest BCUT2D eigenvalue weighted by Crippen LogP contribution is -2.74. The Morgan fingerprint density at radius 2 is 2.03 bits per heavy atom. The van der Waals surface area contributed by atoms with Crippen molar-refractivity contribution < 1.29 is 42.1 Å². The number of oxime groups is 1. The molecular formula is C17H23N7O9S2. The van der Waals surface area contributed by atoms with Gasteiger partial charge in [0.1, 0.15) is 11.7 Å². The van der Waals surface area contributed by atoms with Crippen molar-refractivity contribution in [2.75, 3.05) is 18.8 Å². The fourth-order valence-corrected chi connectivity index (χ4v) is 4.74. The quantitative estimate of drug-likeness (QED) is 0.0946. The van der Waals surface area contributed by atoms with Crippen LogP contribution in [-0.2, 0) is 34.3 Å². The van der Waals surface area contributed by atoms with Gasteiger partial charge in [0.2, 0.25) is 11.5 Å². The minimum absolute atomic E-state index is 0.0528. The van der Waals surface area contributed by atoms with Gasteiger partial charge < -0.3 is 31.6 Å². The maximum Gasteiger partial charge on any atom is 0.362 e. The molecule has 16 nitrogen and oxygen atoms in total. The van der Waals surface area contributed by atoms with E-state index in [1.807, 2.05) is 0 Å². The van der Waals surface area contributed by atoms with Crippen molar-refractivity contribution in [3.63, 3.8) is 0 Å². The molecule has 2 saturated heterocycles. The number of nitrogen functional groups attached to an aromatic ring is 1. The minimum Gasteiger partial charge on any atom is -0.478 e. The van der Waals surface area contributed by atoms with Crippen LogP contribution in [0.4, 0.5) is 5.13 Å². The molecule has 0 aromatic carbocycles. The third-order valence-electron chi connectivity index (χ3n) is 5.31. The number of likely N-dealkylation sites (tertiary alicyclic amines) is 1. The van der Waals surface area contributed by atoms with Crippen LogP contribution in [0.2, 0.25) is 0 Å². The van der Waals surface area contributed by atoms with Crippen LogP contribution in [-0.4, -0.2) is 98.5 Å². The summed E-state index contributed by atoms with van der Waals surface area (Å²) in [6.45, 7) is 2.21. The fraction of sp³-hybridized carbons (Fsp3) is 0.529. The Hall–Kier alpha value is -3.35. The van der Waals surface area contributed by atoms with E-state index in [1.54, 1.807) is 0 Å². The molecule has 18 heteroatoms. The van der Waals surface area contributed by atoms with Gasteiger partial charge in [0.05, 0.1) is 12.1 Å². The van der Waals surface area contributed by atoms with Gasteiger partial charge in [0.15, 0.2) is 10.8 Å². The minimum atomic E-state index is -5.00. The monoisotopic (exact) mass is 533 g/mol. The van der Waals surface area contributed by atoms with Gasteiger partial charge in [-0.2, -0.15) is 8.42 Å². The predicted octanol–water partition coefficient (Wildman–Crippen LogP) is -2.63. The molecule has 35 heavy (non-hydrogen) atoms. The summed E-state index contributed by atoms with van der Waals surface area (Å²) < 4.78 is 33.0. The molecular weight excluding hydrogens is 510 g/mol. The molecule has 3 rings (SSSR count).